The number of amides is 1. The predicted molar refractivity (Wildman–Crippen MR) is 87.0 cm³/mol. The quantitative estimate of drug-likeness (QED) is 0.566. The van der Waals surface area contributed by atoms with Crippen molar-refractivity contribution in [3.63, 3.8) is 0 Å². The van der Waals surface area contributed by atoms with Crippen molar-refractivity contribution in [3.8, 4) is 0 Å². The van der Waals surface area contributed by atoms with Crippen LogP contribution in [0.2, 0.25) is 0 Å². The van der Waals surface area contributed by atoms with Crippen LogP contribution < -0.4 is 5.32 Å². The first-order chi connectivity index (χ1) is 10.2. The molecule has 0 aromatic carbocycles. The third kappa shape index (κ3) is 8.53. The molecule has 0 bridgehead atoms. The Balaban J connectivity index is 1.91. The minimum atomic E-state index is 0.151. The van der Waals surface area contributed by atoms with Crippen molar-refractivity contribution in [2.75, 3.05) is 0 Å². The van der Waals surface area contributed by atoms with Crippen LogP contribution in [0.1, 0.15) is 82.4 Å². The maximum atomic E-state index is 11.7. The van der Waals surface area contributed by atoms with Gasteiger partial charge >= 0.3 is 0 Å². The number of carbonyl (C=O) groups is 1. The van der Waals surface area contributed by atoms with E-state index in [2.05, 4.69) is 22.4 Å². The van der Waals surface area contributed by atoms with Gasteiger partial charge in [0, 0.05) is 24.2 Å². The topological polar surface area (TPSA) is 57.8 Å². The molecule has 120 valence electrons. The Morgan fingerprint density at radius 2 is 1.71 bits per heavy atom. The fourth-order valence-corrected chi connectivity index (χ4v) is 2.43. The first-order valence-corrected chi connectivity index (χ1v) is 8.49. The second-order valence-corrected chi connectivity index (χ2v) is 5.88. The maximum Gasteiger partial charge on any atom is 0.220 e. The molecule has 1 rings (SSSR count). The number of unbranched alkanes of at least 4 members (excludes halogenated alkanes) is 8. The maximum absolute atomic E-state index is 11.7. The molecule has 0 saturated carbocycles. The zero-order valence-corrected chi connectivity index (χ0v) is 13.7. The summed E-state index contributed by atoms with van der Waals surface area (Å²) >= 11 is 0. The summed E-state index contributed by atoms with van der Waals surface area (Å²) in [6, 6.07) is 0. The van der Waals surface area contributed by atoms with Gasteiger partial charge in [-0.15, -0.1) is 0 Å². The average Bonchev–Trinajstić information content (AvgIpc) is 2.89. The van der Waals surface area contributed by atoms with Crippen LogP contribution in [0.4, 0.5) is 0 Å². The van der Waals surface area contributed by atoms with E-state index in [-0.39, 0.29) is 5.91 Å². The molecule has 4 heteroatoms. The van der Waals surface area contributed by atoms with Gasteiger partial charge < -0.3 is 5.32 Å². The van der Waals surface area contributed by atoms with Crippen LogP contribution in [-0.4, -0.2) is 16.1 Å². The van der Waals surface area contributed by atoms with Crippen LogP contribution in [0.15, 0.2) is 6.20 Å². The lowest BCUT2D eigenvalue weighted by atomic mass is 10.1. The molecule has 1 amide bonds. The van der Waals surface area contributed by atoms with Gasteiger partial charge in [0.05, 0.1) is 6.20 Å². The van der Waals surface area contributed by atoms with E-state index in [1.807, 2.05) is 6.92 Å². The van der Waals surface area contributed by atoms with Gasteiger partial charge in [0.1, 0.15) is 0 Å². The molecule has 0 aliphatic rings. The summed E-state index contributed by atoms with van der Waals surface area (Å²) in [4.78, 5) is 11.7. The van der Waals surface area contributed by atoms with Gasteiger partial charge in [-0.05, 0) is 13.3 Å². The van der Waals surface area contributed by atoms with E-state index in [1.54, 1.807) is 6.20 Å². The summed E-state index contributed by atoms with van der Waals surface area (Å²) in [5, 5.41) is 9.77. The minimum absolute atomic E-state index is 0.151. The van der Waals surface area contributed by atoms with Gasteiger partial charge in [0.15, 0.2) is 0 Å². The summed E-state index contributed by atoms with van der Waals surface area (Å²) in [5.41, 5.74) is 2.09. The van der Waals surface area contributed by atoms with E-state index in [0.717, 1.165) is 17.7 Å². The molecule has 1 aromatic heterocycles. The number of H-pyrrole nitrogens is 1. The van der Waals surface area contributed by atoms with Gasteiger partial charge in [-0.25, -0.2) is 0 Å². The molecule has 0 radical (unpaired) electrons. The van der Waals surface area contributed by atoms with Gasteiger partial charge in [-0.3, -0.25) is 9.89 Å². The number of nitrogens with one attached hydrogen (secondary N) is 2. The molecule has 0 saturated heterocycles. The first-order valence-electron chi connectivity index (χ1n) is 8.49. The van der Waals surface area contributed by atoms with E-state index in [0.29, 0.717) is 13.0 Å². The fourth-order valence-electron chi connectivity index (χ4n) is 2.43. The van der Waals surface area contributed by atoms with Crippen molar-refractivity contribution in [1.29, 1.82) is 0 Å². The molecule has 0 unspecified atom stereocenters. The second kappa shape index (κ2) is 11.4. The molecule has 0 aliphatic heterocycles. The highest BCUT2D eigenvalue weighted by molar-refractivity contribution is 5.75. The van der Waals surface area contributed by atoms with Crippen LogP contribution in [0.5, 0.6) is 0 Å². The minimum Gasteiger partial charge on any atom is -0.352 e. The SMILES string of the molecule is CCCCCCCCCCCC(=O)NCc1cn[nH]c1C. The molecule has 0 spiro atoms. The molecule has 0 atom stereocenters. The molecule has 0 aliphatic carbocycles. The Bertz CT molecular complexity index is 387. The Morgan fingerprint density at radius 1 is 1.10 bits per heavy atom. The third-order valence-corrected chi connectivity index (χ3v) is 3.92. The molecular formula is C17H31N3O. The van der Waals surface area contributed by atoms with Gasteiger partial charge in [-0.1, -0.05) is 58.3 Å². The molecule has 2 N–H and O–H groups in total. The lowest BCUT2D eigenvalue weighted by Crippen LogP contribution is -2.22. The standard InChI is InChI=1S/C17H31N3O/c1-3-4-5-6-7-8-9-10-11-12-17(21)18-13-16-14-19-20-15(16)2/h14H,3-13H2,1-2H3,(H,18,21)(H,19,20). The van der Waals surface area contributed by atoms with E-state index >= 15 is 0 Å². The normalized spacial score (nSPS) is 10.8. The zero-order valence-electron chi connectivity index (χ0n) is 13.7. The summed E-state index contributed by atoms with van der Waals surface area (Å²) in [6.45, 7) is 4.80. The number of hydrogen-bond acceptors (Lipinski definition) is 2. The summed E-state index contributed by atoms with van der Waals surface area (Å²) in [6.07, 6.45) is 14.0. The smallest absolute Gasteiger partial charge is 0.220 e. The molecule has 21 heavy (non-hydrogen) atoms. The highest BCUT2D eigenvalue weighted by atomic mass is 16.1. The largest absolute Gasteiger partial charge is 0.352 e. The third-order valence-electron chi connectivity index (χ3n) is 3.92. The Hall–Kier alpha value is -1.32. The highest BCUT2D eigenvalue weighted by Crippen LogP contribution is 2.10. The summed E-state index contributed by atoms with van der Waals surface area (Å²) in [7, 11) is 0. The van der Waals surface area contributed by atoms with Crippen LogP contribution in [0.3, 0.4) is 0 Å². The Kier molecular flexibility index (Phi) is 9.58. The number of aryl methyl sites for hydroxylation is 1. The summed E-state index contributed by atoms with van der Waals surface area (Å²) in [5.74, 6) is 0.151. The fraction of sp³-hybridized carbons (Fsp3) is 0.765. The van der Waals surface area contributed by atoms with Crippen LogP contribution >= 0.6 is 0 Å². The van der Waals surface area contributed by atoms with E-state index in [4.69, 9.17) is 0 Å². The van der Waals surface area contributed by atoms with Crippen molar-refractivity contribution in [1.82, 2.24) is 15.5 Å². The lowest BCUT2D eigenvalue weighted by molar-refractivity contribution is -0.121. The Labute approximate surface area is 129 Å². The van der Waals surface area contributed by atoms with Crippen molar-refractivity contribution in [3.05, 3.63) is 17.5 Å². The number of hydrogen-bond donors (Lipinski definition) is 2. The lowest BCUT2D eigenvalue weighted by Gasteiger charge is -2.05. The van der Waals surface area contributed by atoms with E-state index < -0.39 is 0 Å². The number of aromatic nitrogens is 2. The zero-order chi connectivity index (χ0) is 15.3. The van der Waals surface area contributed by atoms with E-state index in [1.165, 1.54) is 51.4 Å². The first kappa shape index (κ1) is 17.7. The van der Waals surface area contributed by atoms with Crippen LogP contribution in [-0.2, 0) is 11.3 Å². The number of nitrogens with zero attached hydrogens (tertiary/aromatic N) is 1. The van der Waals surface area contributed by atoms with Crippen molar-refractivity contribution in [2.24, 2.45) is 0 Å². The average molecular weight is 293 g/mol. The van der Waals surface area contributed by atoms with Crippen molar-refractivity contribution in [2.45, 2.75) is 84.6 Å². The Morgan fingerprint density at radius 3 is 2.29 bits per heavy atom. The van der Waals surface area contributed by atoms with Gasteiger partial charge in [-0.2, -0.15) is 5.10 Å². The molecule has 1 heterocycles. The number of aromatic amines is 1. The molecule has 4 nitrogen and oxygen atoms in total. The van der Waals surface area contributed by atoms with E-state index in [9.17, 15) is 4.79 Å². The van der Waals surface area contributed by atoms with Crippen molar-refractivity contribution < 1.29 is 4.79 Å². The molecule has 1 aromatic rings. The number of rotatable bonds is 12. The number of carbonyl (C=O) groups excluding carboxylic acids is 1. The van der Waals surface area contributed by atoms with Crippen LogP contribution in [0, 0.1) is 6.92 Å². The molecule has 0 fully saturated rings. The van der Waals surface area contributed by atoms with Crippen LogP contribution in [0.25, 0.3) is 0 Å². The molecular weight excluding hydrogens is 262 g/mol. The monoisotopic (exact) mass is 293 g/mol. The van der Waals surface area contributed by atoms with Gasteiger partial charge in [0.2, 0.25) is 5.91 Å². The van der Waals surface area contributed by atoms with Crippen molar-refractivity contribution >= 4 is 5.91 Å². The highest BCUT2D eigenvalue weighted by Gasteiger charge is 2.04. The van der Waals surface area contributed by atoms with Gasteiger partial charge in [0.25, 0.3) is 0 Å². The second-order valence-electron chi connectivity index (χ2n) is 5.88. The predicted octanol–water partition coefficient (Wildman–Crippen LogP) is 4.26. The summed E-state index contributed by atoms with van der Waals surface area (Å²) < 4.78 is 0.